The maximum absolute atomic E-state index is 13.5. The fourth-order valence-corrected chi connectivity index (χ4v) is 1.56. The molecule has 1 aromatic heterocycles. The number of nitrogens with one attached hydrogen (secondary N) is 1. The maximum atomic E-state index is 13.5. The van der Waals surface area contributed by atoms with Gasteiger partial charge >= 0.3 is 5.69 Å². The second-order valence-electron chi connectivity index (χ2n) is 3.90. The quantitative estimate of drug-likeness (QED) is 0.534. The molecule has 6 nitrogen and oxygen atoms in total. The van der Waals surface area contributed by atoms with Gasteiger partial charge in [0.2, 0.25) is 11.6 Å². The van der Waals surface area contributed by atoms with Crippen molar-refractivity contribution < 1.29 is 27.3 Å². The Morgan fingerprint density at radius 2 is 2.00 bits per heavy atom. The average Bonchev–Trinajstić information content (AvgIpc) is 2.95. The normalized spacial score (nSPS) is 10.4. The summed E-state index contributed by atoms with van der Waals surface area (Å²) in [6.45, 7) is -0.141. The van der Waals surface area contributed by atoms with Gasteiger partial charge in [-0.15, -0.1) is 0 Å². The van der Waals surface area contributed by atoms with Crippen LogP contribution in [0.5, 0.6) is 0 Å². The molecule has 0 bridgehead atoms. The molecule has 110 valence electrons. The van der Waals surface area contributed by atoms with Crippen LogP contribution in [0.1, 0.15) is 16.1 Å². The lowest BCUT2D eigenvalue weighted by atomic mass is 10.1. The van der Waals surface area contributed by atoms with E-state index in [9.17, 15) is 28.1 Å². The van der Waals surface area contributed by atoms with Gasteiger partial charge in [0.15, 0.2) is 5.82 Å². The van der Waals surface area contributed by atoms with Crippen molar-refractivity contribution in [2.24, 2.45) is 0 Å². The number of benzene rings is 1. The highest BCUT2D eigenvalue weighted by Gasteiger charge is 2.28. The van der Waals surface area contributed by atoms with Gasteiger partial charge in [-0.3, -0.25) is 14.9 Å². The van der Waals surface area contributed by atoms with Crippen molar-refractivity contribution in [3.8, 4) is 0 Å². The zero-order chi connectivity index (χ0) is 15.6. The molecular weight excluding hydrogens is 293 g/mol. The Bertz CT molecular complexity index is 701. The Balaban J connectivity index is 2.30. The highest BCUT2D eigenvalue weighted by molar-refractivity contribution is 5.95. The summed E-state index contributed by atoms with van der Waals surface area (Å²) in [5.41, 5.74) is -2.29. The molecule has 0 aliphatic rings. The summed E-state index contributed by atoms with van der Waals surface area (Å²) in [5.74, 6) is -6.63. The van der Waals surface area contributed by atoms with E-state index in [-0.39, 0.29) is 6.54 Å². The van der Waals surface area contributed by atoms with Crippen LogP contribution in [0.15, 0.2) is 28.9 Å². The highest BCUT2D eigenvalue weighted by Crippen LogP contribution is 2.25. The number of hydrogen-bond acceptors (Lipinski definition) is 4. The van der Waals surface area contributed by atoms with Crippen LogP contribution in [-0.2, 0) is 6.54 Å². The van der Waals surface area contributed by atoms with Crippen molar-refractivity contribution >= 4 is 11.6 Å². The van der Waals surface area contributed by atoms with E-state index < -0.39 is 39.5 Å². The molecule has 1 amide bonds. The monoisotopic (exact) mass is 300 g/mol. The summed E-state index contributed by atoms with van der Waals surface area (Å²) in [7, 11) is 0. The number of rotatable bonds is 4. The summed E-state index contributed by atoms with van der Waals surface area (Å²) in [6.07, 6.45) is 1.34. The minimum Gasteiger partial charge on any atom is -0.467 e. The summed E-state index contributed by atoms with van der Waals surface area (Å²) < 4.78 is 44.8. The Kier molecular flexibility index (Phi) is 3.92. The number of nitro benzene ring substituents is 1. The summed E-state index contributed by atoms with van der Waals surface area (Å²) in [4.78, 5) is 21.0. The molecule has 0 unspecified atom stereocenters. The molecule has 1 N–H and O–H groups in total. The highest BCUT2D eigenvalue weighted by atomic mass is 19.2. The summed E-state index contributed by atoms with van der Waals surface area (Å²) >= 11 is 0. The first-order valence-corrected chi connectivity index (χ1v) is 5.54. The summed E-state index contributed by atoms with van der Waals surface area (Å²) in [6, 6.07) is 3.40. The van der Waals surface area contributed by atoms with E-state index >= 15 is 0 Å². The van der Waals surface area contributed by atoms with Crippen LogP contribution in [0, 0.1) is 27.6 Å². The van der Waals surface area contributed by atoms with Crippen LogP contribution in [0.4, 0.5) is 18.9 Å². The van der Waals surface area contributed by atoms with Crippen molar-refractivity contribution in [3.63, 3.8) is 0 Å². The van der Waals surface area contributed by atoms with Gasteiger partial charge in [0.25, 0.3) is 5.91 Å². The Labute approximate surface area is 115 Å². The Morgan fingerprint density at radius 1 is 1.29 bits per heavy atom. The topological polar surface area (TPSA) is 85.4 Å². The van der Waals surface area contributed by atoms with Crippen LogP contribution >= 0.6 is 0 Å². The smallest absolute Gasteiger partial charge is 0.308 e. The number of carbonyl (C=O) groups is 1. The van der Waals surface area contributed by atoms with Crippen LogP contribution in [0.3, 0.4) is 0 Å². The molecule has 0 atom stereocenters. The van der Waals surface area contributed by atoms with Gasteiger partial charge in [-0.05, 0) is 12.1 Å². The largest absolute Gasteiger partial charge is 0.467 e. The first kappa shape index (κ1) is 14.6. The van der Waals surface area contributed by atoms with Gasteiger partial charge in [0, 0.05) is 6.07 Å². The lowest BCUT2D eigenvalue weighted by Crippen LogP contribution is -2.24. The van der Waals surface area contributed by atoms with Gasteiger partial charge in [-0.2, -0.15) is 4.39 Å². The molecule has 0 saturated heterocycles. The number of nitrogens with zero attached hydrogens (tertiary/aromatic N) is 1. The fourth-order valence-electron chi connectivity index (χ4n) is 1.56. The lowest BCUT2D eigenvalue weighted by molar-refractivity contribution is -0.387. The van der Waals surface area contributed by atoms with E-state index in [2.05, 4.69) is 5.32 Å². The van der Waals surface area contributed by atoms with Crippen molar-refractivity contribution in [1.82, 2.24) is 5.32 Å². The molecule has 2 aromatic rings. The van der Waals surface area contributed by atoms with Crippen LogP contribution in [-0.4, -0.2) is 10.8 Å². The van der Waals surface area contributed by atoms with Crippen molar-refractivity contribution in [3.05, 3.63) is 63.4 Å². The van der Waals surface area contributed by atoms with Crippen LogP contribution in [0.25, 0.3) is 0 Å². The van der Waals surface area contributed by atoms with Gasteiger partial charge < -0.3 is 9.73 Å². The molecule has 0 radical (unpaired) electrons. The Morgan fingerprint density at radius 3 is 2.57 bits per heavy atom. The van der Waals surface area contributed by atoms with Crippen LogP contribution < -0.4 is 5.32 Å². The van der Waals surface area contributed by atoms with Crippen molar-refractivity contribution in [2.45, 2.75) is 6.54 Å². The third-order valence-electron chi connectivity index (χ3n) is 2.57. The third kappa shape index (κ3) is 2.86. The molecule has 0 fully saturated rings. The van der Waals surface area contributed by atoms with Gasteiger partial charge in [-0.25, -0.2) is 8.78 Å². The minimum atomic E-state index is -2.08. The molecule has 21 heavy (non-hydrogen) atoms. The number of amides is 1. The Hall–Kier alpha value is -2.84. The van der Waals surface area contributed by atoms with Gasteiger partial charge in [0.05, 0.1) is 23.3 Å². The second kappa shape index (κ2) is 5.65. The van der Waals surface area contributed by atoms with E-state index in [1.54, 1.807) is 6.07 Å². The SMILES string of the molecule is O=C(NCc1ccco1)c1cc([N+](=O)[O-])c(F)c(F)c1F. The molecule has 9 heteroatoms. The van der Waals surface area contributed by atoms with E-state index in [4.69, 9.17) is 4.42 Å². The van der Waals surface area contributed by atoms with E-state index in [0.717, 1.165) is 0 Å². The zero-order valence-corrected chi connectivity index (χ0v) is 10.2. The fraction of sp³-hybridized carbons (Fsp3) is 0.0833. The van der Waals surface area contributed by atoms with E-state index in [0.29, 0.717) is 11.8 Å². The van der Waals surface area contributed by atoms with Gasteiger partial charge in [-0.1, -0.05) is 0 Å². The molecule has 2 rings (SSSR count). The molecule has 1 aromatic carbocycles. The third-order valence-corrected chi connectivity index (χ3v) is 2.57. The second-order valence-corrected chi connectivity index (χ2v) is 3.90. The van der Waals surface area contributed by atoms with Gasteiger partial charge in [0.1, 0.15) is 5.76 Å². The number of carbonyl (C=O) groups excluding carboxylic acids is 1. The maximum Gasteiger partial charge on any atom is 0.308 e. The van der Waals surface area contributed by atoms with Crippen molar-refractivity contribution in [1.29, 1.82) is 0 Å². The van der Waals surface area contributed by atoms with Crippen molar-refractivity contribution in [2.75, 3.05) is 0 Å². The molecule has 0 spiro atoms. The minimum absolute atomic E-state index is 0.141. The number of hydrogen-bond donors (Lipinski definition) is 1. The lowest BCUT2D eigenvalue weighted by Gasteiger charge is -2.06. The standard InChI is InChI=1S/C12H7F3N2O4/c13-9-7(4-8(17(19)20)10(14)11(9)15)12(18)16-5-6-2-1-3-21-6/h1-4H,5H2,(H,16,18). The zero-order valence-electron chi connectivity index (χ0n) is 10.2. The number of furan rings is 1. The van der Waals surface area contributed by atoms with E-state index in [1.807, 2.05) is 0 Å². The predicted molar refractivity (Wildman–Crippen MR) is 62.8 cm³/mol. The van der Waals surface area contributed by atoms with E-state index in [1.165, 1.54) is 12.3 Å². The summed E-state index contributed by atoms with van der Waals surface area (Å²) in [5, 5.41) is 12.7. The number of halogens is 3. The first-order valence-electron chi connectivity index (χ1n) is 5.54. The molecule has 0 aliphatic carbocycles. The average molecular weight is 300 g/mol. The molecule has 1 heterocycles. The predicted octanol–water partition coefficient (Wildman–Crippen LogP) is 2.54. The molecule has 0 saturated carbocycles. The molecular formula is C12H7F3N2O4. The van der Waals surface area contributed by atoms with Crippen LogP contribution in [0.2, 0.25) is 0 Å². The molecule has 0 aliphatic heterocycles. The number of nitro groups is 1. The first-order chi connectivity index (χ1) is 9.91.